The fourth-order valence-electron chi connectivity index (χ4n) is 6.21. The Labute approximate surface area is 181 Å². The minimum absolute atomic E-state index is 0.0654. The molecule has 0 saturated heterocycles. The molecule has 0 radical (unpaired) electrons. The minimum atomic E-state index is -0.394. The summed E-state index contributed by atoms with van der Waals surface area (Å²) in [7, 11) is 0. The Balaban J connectivity index is 1.83. The second kappa shape index (κ2) is 6.56. The lowest BCUT2D eigenvalue weighted by molar-refractivity contribution is 0.496. The summed E-state index contributed by atoms with van der Waals surface area (Å²) in [6.45, 7) is 11.4. The van der Waals surface area contributed by atoms with Crippen LogP contribution in [0.2, 0.25) is 0 Å². The van der Waals surface area contributed by atoms with Gasteiger partial charge in [-0.3, -0.25) is 0 Å². The lowest BCUT2D eigenvalue weighted by Crippen LogP contribution is -2.35. The average molecular weight is 396 g/mol. The standard InChI is InChI=1S/C29H33N/c1-6-12-28(5)24-14-18(3)8-10-20(24)22-17-27-23(16-25(22)28)21-11-9-19(4)15-26(21)29(27,30)13-7-2/h8-11,14-17H,6-7,12-13,30H2,1-5H3. The van der Waals surface area contributed by atoms with Gasteiger partial charge in [-0.1, -0.05) is 81.1 Å². The second-order valence-electron chi connectivity index (χ2n) is 9.84. The van der Waals surface area contributed by atoms with Crippen molar-refractivity contribution in [3.8, 4) is 22.3 Å². The molecule has 2 atom stereocenters. The fraction of sp³-hybridized carbons (Fsp3) is 0.379. The molecular weight excluding hydrogens is 362 g/mol. The van der Waals surface area contributed by atoms with E-state index in [1.807, 2.05) is 0 Å². The highest BCUT2D eigenvalue weighted by molar-refractivity contribution is 5.89. The summed E-state index contributed by atoms with van der Waals surface area (Å²) in [5, 5.41) is 0. The van der Waals surface area contributed by atoms with E-state index in [0.717, 1.165) is 12.8 Å². The maximum atomic E-state index is 7.23. The van der Waals surface area contributed by atoms with Crippen molar-refractivity contribution in [3.05, 3.63) is 81.9 Å². The molecule has 2 N–H and O–H groups in total. The van der Waals surface area contributed by atoms with E-state index in [1.165, 1.54) is 68.5 Å². The van der Waals surface area contributed by atoms with Crippen molar-refractivity contribution in [2.75, 3.05) is 0 Å². The Bertz CT molecular complexity index is 1080. The van der Waals surface area contributed by atoms with Crippen LogP contribution in [0.15, 0.2) is 48.5 Å². The van der Waals surface area contributed by atoms with Crippen molar-refractivity contribution < 1.29 is 0 Å². The Morgan fingerprint density at radius 3 is 1.73 bits per heavy atom. The van der Waals surface area contributed by atoms with Gasteiger partial charge in [-0.15, -0.1) is 0 Å². The smallest absolute Gasteiger partial charge is 0.0677 e. The molecule has 30 heavy (non-hydrogen) atoms. The van der Waals surface area contributed by atoms with Crippen molar-refractivity contribution in [1.82, 2.24) is 0 Å². The zero-order chi connectivity index (χ0) is 21.3. The molecule has 0 heterocycles. The highest BCUT2D eigenvalue weighted by Gasteiger charge is 2.44. The second-order valence-corrected chi connectivity index (χ2v) is 9.84. The molecule has 0 aliphatic heterocycles. The van der Waals surface area contributed by atoms with Crippen molar-refractivity contribution in [2.24, 2.45) is 5.73 Å². The van der Waals surface area contributed by atoms with Gasteiger partial charge < -0.3 is 5.73 Å². The molecule has 1 nitrogen and oxygen atoms in total. The molecule has 3 aromatic rings. The SMILES string of the molecule is CCCC1(C)c2cc(C)ccc2-c2cc3c(cc21)-c1ccc(C)cc1C3(N)CCC. The first-order valence-electron chi connectivity index (χ1n) is 11.5. The van der Waals surface area contributed by atoms with E-state index >= 15 is 0 Å². The number of hydrogen-bond donors (Lipinski definition) is 1. The van der Waals surface area contributed by atoms with Crippen LogP contribution in [0.5, 0.6) is 0 Å². The van der Waals surface area contributed by atoms with E-state index < -0.39 is 5.54 Å². The molecule has 2 unspecified atom stereocenters. The number of aryl methyl sites for hydroxylation is 2. The number of nitrogens with two attached hydrogens (primary N) is 1. The van der Waals surface area contributed by atoms with E-state index in [0.29, 0.717) is 0 Å². The molecule has 0 aromatic heterocycles. The van der Waals surface area contributed by atoms with Gasteiger partial charge in [0.05, 0.1) is 5.54 Å². The first-order chi connectivity index (χ1) is 14.3. The van der Waals surface area contributed by atoms with Gasteiger partial charge in [-0.05, 0) is 83.3 Å². The summed E-state index contributed by atoms with van der Waals surface area (Å²) in [6.07, 6.45) is 4.39. The Kier molecular flexibility index (Phi) is 4.28. The zero-order valence-corrected chi connectivity index (χ0v) is 19.0. The fourth-order valence-corrected chi connectivity index (χ4v) is 6.21. The Hall–Kier alpha value is -2.38. The van der Waals surface area contributed by atoms with Crippen LogP contribution in [0, 0.1) is 13.8 Å². The minimum Gasteiger partial charge on any atom is -0.318 e. The summed E-state index contributed by atoms with van der Waals surface area (Å²) >= 11 is 0. The highest BCUT2D eigenvalue weighted by Crippen LogP contribution is 2.57. The van der Waals surface area contributed by atoms with Gasteiger partial charge in [0, 0.05) is 5.41 Å². The Morgan fingerprint density at radius 2 is 1.10 bits per heavy atom. The first kappa shape index (κ1) is 19.6. The normalized spacial score (nSPS) is 23.1. The van der Waals surface area contributed by atoms with Gasteiger partial charge in [0.2, 0.25) is 0 Å². The molecule has 0 fully saturated rings. The summed E-state index contributed by atoms with van der Waals surface area (Å²) in [4.78, 5) is 0. The topological polar surface area (TPSA) is 26.0 Å². The van der Waals surface area contributed by atoms with Gasteiger partial charge in [0.15, 0.2) is 0 Å². The molecule has 5 rings (SSSR count). The number of hydrogen-bond acceptors (Lipinski definition) is 1. The molecule has 0 spiro atoms. The molecule has 154 valence electrons. The number of benzene rings is 3. The van der Waals surface area contributed by atoms with Gasteiger partial charge >= 0.3 is 0 Å². The van der Waals surface area contributed by atoms with Crippen LogP contribution < -0.4 is 5.73 Å². The van der Waals surface area contributed by atoms with E-state index in [9.17, 15) is 0 Å². The van der Waals surface area contributed by atoms with E-state index in [4.69, 9.17) is 5.73 Å². The maximum Gasteiger partial charge on any atom is 0.0677 e. The summed E-state index contributed by atoms with van der Waals surface area (Å²) < 4.78 is 0. The first-order valence-corrected chi connectivity index (χ1v) is 11.5. The van der Waals surface area contributed by atoms with Crippen molar-refractivity contribution in [1.29, 1.82) is 0 Å². The van der Waals surface area contributed by atoms with Crippen LogP contribution >= 0.6 is 0 Å². The lowest BCUT2D eigenvalue weighted by Gasteiger charge is -2.29. The largest absolute Gasteiger partial charge is 0.318 e. The average Bonchev–Trinajstić information content (AvgIpc) is 3.08. The third-order valence-electron chi connectivity index (χ3n) is 7.63. The predicted molar refractivity (Wildman–Crippen MR) is 128 cm³/mol. The third kappa shape index (κ3) is 2.45. The van der Waals surface area contributed by atoms with Crippen LogP contribution in [0.4, 0.5) is 0 Å². The number of fused-ring (bicyclic) bond motifs is 6. The molecule has 1 heteroatoms. The van der Waals surface area contributed by atoms with Crippen LogP contribution in [-0.2, 0) is 11.0 Å². The molecule has 0 amide bonds. The summed E-state index contributed by atoms with van der Waals surface area (Å²) in [5.74, 6) is 0. The van der Waals surface area contributed by atoms with E-state index in [-0.39, 0.29) is 5.41 Å². The van der Waals surface area contributed by atoms with Crippen molar-refractivity contribution in [2.45, 2.75) is 71.3 Å². The Morgan fingerprint density at radius 1 is 0.633 bits per heavy atom. The molecule has 3 aromatic carbocycles. The zero-order valence-electron chi connectivity index (χ0n) is 19.0. The maximum absolute atomic E-state index is 7.23. The predicted octanol–water partition coefficient (Wildman–Crippen LogP) is 7.37. The monoisotopic (exact) mass is 395 g/mol. The van der Waals surface area contributed by atoms with Crippen LogP contribution in [0.1, 0.15) is 79.8 Å². The molecule has 0 bridgehead atoms. The van der Waals surface area contributed by atoms with Crippen molar-refractivity contribution in [3.63, 3.8) is 0 Å². The molecular formula is C29H33N. The molecule has 0 saturated carbocycles. The van der Waals surface area contributed by atoms with E-state index in [1.54, 1.807) is 0 Å². The van der Waals surface area contributed by atoms with E-state index in [2.05, 4.69) is 83.1 Å². The van der Waals surface area contributed by atoms with Gasteiger partial charge in [0.25, 0.3) is 0 Å². The van der Waals surface area contributed by atoms with Crippen LogP contribution in [-0.4, -0.2) is 0 Å². The quantitative estimate of drug-likeness (QED) is 0.490. The molecule has 2 aliphatic rings. The van der Waals surface area contributed by atoms with Crippen LogP contribution in [0.25, 0.3) is 22.3 Å². The highest BCUT2D eigenvalue weighted by atomic mass is 14.8. The van der Waals surface area contributed by atoms with Gasteiger partial charge in [-0.2, -0.15) is 0 Å². The summed E-state index contributed by atoms with van der Waals surface area (Å²) in [5.41, 5.74) is 20.6. The lowest BCUT2D eigenvalue weighted by atomic mass is 9.75. The summed E-state index contributed by atoms with van der Waals surface area (Å²) in [6, 6.07) is 18.8. The van der Waals surface area contributed by atoms with Gasteiger partial charge in [-0.25, -0.2) is 0 Å². The van der Waals surface area contributed by atoms with Crippen LogP contribution in [0.3, 0.4) is 0 Å². The molecule has 2 aliphatic carbocycles. The van der Waals surface area contributed by atoms with Gasteiger partial charge in [0.1, 0.15) is 0 Å². The third-order valence-corrected chi connectivity index (χ3v) is 7.63. The van der Waals surface area contributed by atoms with Crippen molar-refractivity contribution >= 4 is 0 Å². The number of rotatable bonds is 4.